The molecule has 1 fully saturated rings. The maximum absolute atomic E-state index is 11.6. The Kier molecular flexibility index (Phi) is 4.39. The highest BCUT2D eigenvalue weighted by molar-refractivity contribution is 5.76. The van der Waals surface area contributed by atoms with Crippen LogP contribution in [0.4, 0.5) is 0 Å². The van der Waals surface area contributed by atoms with Crippen LogP contribution < -0.4 is 5.32 Å². The smallest absolute Gasteiger partial charge is 0.222 e. The first-order chi connectivity index (χ1) is 6.69. The Balaban J connectivity index is 2.41. The third kappa shape index (κ3) is 2.71. The second kappa shape index (κ2) is 5.35. The van der Waals surface area contributed by atoms with Gasteiger partial charge in [-0.25, -0.2) is 0 Å². The number of rotatable bonds is 3. The average molecular weight is 198 g/mol. The summed E-state index contributed by atoms with van der Waals surface area (Å²) in [5.41, 5.74) is 0. The van der Waals surface area contributed by atoms with Crippen molar-refractivity contribution in [1.29, 1.82) is 0 Å². The van der Waals surface area contributed by atoms with Gasteiger partial charge in [0.15, 0.2) is 0 Å². The maximum atomic E-state index is 11.6. The van der Waals surface area contributed by atoms with E-state index in [0.29, 0.717) is 24.3 Å². The molecule has 2 atom stereocenters. The van der Waals surface area contributed by atoms with Gasteiger partial charge in [-0.2, -0.15) is 0 Å². The predicted molar refractivity (Wildman–Crippen MR) is 58.1 cm³/mol. The number of hydrogen-bond acceptors (Lipinski definition) is 2. The first kappa shape index (κ1) is 11.5. The lowest BCUT2D eigenvalue weighted by atomic mass is 9.94. The van der Waals surface area contributed by atoms with Crippen LogP contribution in [0, 0.1) is 5.92 Å². The first-order valence-corrected chi connectivity index (χ1v) is 5.64. The van der Waals surface area contributed by atoms with E-state index in [1.54, 1.807) is 0 Å². The standard InChI is InChI=1S/C11H22N2O/c1-4-5-11(14)13-7-6-10(12-3)9(2)8-13/h9-10,12H,4-8H2,1-3H3. The molecule has 1 N–H and O–H groups in total. The lowest BCUT2D eigenvalue weighted by Crippen LogP contribution is -2.49. The van der Waals surface area contributed by atoms with Crippen molar-refractivity contribution in [2.24, 2.45) is 5.92 Å². The van der Waals surface area contributed by atoms with Crippen molar-refractivity contribution in [2.45, 2.75) is 39.2 Å². The summed E-state index contributed by atoms with van der Waals surface area (Å²) >= 11 is 0. The monoisotopic (exact) mass is 198 g/mol. The molecule has 1 heterocycles. The summed E-state index contributed by atoms with van der Waals surface area (Å²) in [6, 6.07) is 0.584. The Morgan fingerprint density at radius 1 is 1.57 bits per heavy atom. The van der Waals surface area contributed by atoms with Crippen LogP contribution in [0.25, 0.3) is 0 Å². The van der Waals surface area contributed by atoms with Crippen LogP contribution in [-0.4, -0.2) is 37.0 Å². The van der Waals surface area contributed by atoms with E-state index in [0.717, 1.165) is 25.9 Å². The van der Waals surface area contributed by atoms with Gasteiger partial charge in [-0.15, -0.1) is 0 Å². The summed E-state index contributed by atoms with van der Waals surface area (Å²) in [4.78, 5) is 13.7. The Morgan fingerprint density at radius 2 is 2.29 bits per heavy atom. The molecule has 0 spiro atoms. The van der Waals surface area contributed by atoms with Crippen LogP contribution in [0.2, 0.25) is 0 Å². The zero-order valence-corrected chi connectivity index (χ0v) is 9.55. The van der Waals surface area contributed by atoms with Crippen molar-refractivity contribution >= 4 is 5.91 Å². The van der Waals surface area contributed by atoms with Crippen LogP contribution in [0.3, 0.4) is 0 Å². The van der Waals surface area contributed by atoms with Gasteiger partial charge < -0.3 is 10.2 Å². The number of piperidine rings is 1. The number of carbonyl (C=O) groups is 1. The molecule has 0 radical (unpaired) electrons. The summed E-state index contributed by atoms with van der Waals surface area (Å²) in [5, 5.41) is 3.31. The lowest BCUT2D eigenvalue weighted by molar-refractivity contribution is -0.133. The minimum absolute atomic E-state index is 0.328. The van der Waals surface area contributed by atoms with Crippen LogP contribution in [0.1, 0.15) is 33.1 Å². The van der Waals surface area contributed by atoms with Crippen molar-refractivity contribution < 1.29 is 4.79 Å². The fourth-order valence-corrected chi connectivity index (χ4v) is 2.17. The molecule has 3 heteroatoms. The van der Waals surface area contributed by atoms with Gasteiger partial charge in [0.2, 0.25) is 5.91 Å². The molecule has 1 aliphatic rings. The summed E-state index contributed by atoms with van der Waals surface area (Å²) in [6.07, 6.45) is 2.75. The number of carbonyl (C=O) groups excluding carboxylic acids is 1. The fourth-order valence-electron chi connectivity index (χ4n) is 2.17. The molecule has 0 aromatic heterocycles. The topological polar surface area (TPSA) is 32.3 Å². The summed E-state index contributed by atoms with van der Waals surface area (Å²) in [6.45, 7) is 6.12. The van der Waals surface area contributed by atoms with E-state index in [1.165, 1.54) is 0 Å². The zero-order valence-electron chi connectivity index (χ0n) is 9.55. The van der Waals surface area contributed by atoms with Gasteiger partial charge >= 0.3 is 0 Å². The normalized spacial score (nSPS) is 27.8. The van der Waals surface area contributed by atoms with E-state index < -0.39 is 0 Å². The molecular formula is C11H22N2O. The Bertz CT molecular complexity index is 194. The molecule has 0 aromatic carbocycles. The van der Waals surface area contributed by atoms with Gasteiger partial charge in [0, 0.05) is 25.6 Å². The number of hydrogen-bond donors (Lipinski definition) is 1. The highest BCUT2D eigenvalue weighted by Crippen LogP contribution is 2.17. The number of likely N-dealkylation sites (tertiary alicyclic amines) is 1. The minimum Gasteiger partial charge on any atom is -0.342 e. The van der Waals surface area contributed by atoms with E-state index in [9.17, 15) is 4.79 Å². The third-order valence-corrected chi connectivity index (χ3v) is 3.09. The van der Waals surface area contributed by atoms with Gasteiger partial charge in [-0.3, -0.25) is 4.79 Å². The van der Waals surface area contributed by atoms with E-state index in [4.69, 9.17) is 0 Å². The SMILES string of the molecule is CCCC(=O)N1CCC(NC)C(C)C1. The molecule has 0 aromatic rings. The van der Waals surface area contributed by atoms with Crippen molar-refractivity contribution in [1.82, 2.24) is 10.2 Å². The number of nitrogens with zero attached hydrogens (tertiary/aromatic N) is 1. The third-order valence-electron chi connectivity index (χ3n) is 3.09. The fraction of sp³-hybridized carbons (Fsp3) is 0.909. The molecule has 0 aliphatic carbocycles. The Morgan fingerprint density at radius 3 is 2.79 bits per heavy atom. The van der Waals surface area contributed by atoms with Gasteiger partial charge in [0.1, 0.15) is 0 Å². The van der Waals surface area contributed by atoms with Crippen molar-refractivity contribution in [2.75, 3.05) is 20.1 Å². The van der Waals surface area contributed by atoms with Crippen LogP contribution in [0.15, 0.2) is 0 Å². The second-order valence-electron chi connectivity index (χ2n) is 4.25. The molecular weight excluding hydrogens is 176 g/mol. The van der Waals surface area contributed by atoms with Crippen LogP contribution in [-0.2, 0) is 4.79 Å². The van der Waals surface area contributed by atoms with Crippen molar-refractivity contribution in [3.8, 4) is 0 Å². The Labute approximate surface area is 86.9 Å². The quantitative estimate of drug-likeness (QED) is 0.740. The van der Waals surface area contributed by atoms with Crippen LogP contribution in [0.5, 0.6) is 0 Å². The summed E-state index contributed by atoms with van der Waals surface area (Å²) in [7, 11) is 2.00. The van der Waals surface area contributed by atoms with E-state index in [-0.39, 0.29) is 0 Å². The van der Waals surface area contributed by atoms with Crippen molar-refractivity contribution in [3.63, 3.8) is 0 Å². The Hall–Kier alpha value is -0.570. The molecule has 1 rings (SSSR count). The molecule has 2 unspecified atom stereocenters. The second-order valence-corrected chi connectivity index (χ2v) is 4.25. The number of amides is 1. The molecule has 14 heavy (non-hydrogen) atoms. The van der Waals surface area contributed by atoms with Gasteiger partial charge in [0.05, 0.1) is 0 Å². The van der Waals surface area contributed by atoms with Crippen LogP contribution >= 0.6 is 0 Å². The van der Waals surface area contributed by atoms with E-state index in [1.807, 2.05) is 11.9 Å². The maximum Gasteiger partial charge on any atom is 0.222 e. The molecule has 0 bridgehead atoms. The van der Waals surface area contributed by atoms with Crippen molar-refractivity contribution in [3.05, 3.63) is 0 Å². The van der Waals surface area contributed by atoms with E-state index in [2.05, 4.69) is 19.2 Å². The van der Waals surface area contributed by atoms with Gasteiger partial charge in [-0.1, -0.05) is 13.8 Å². The molecule has 1 amide bonds. The number of nitrogens with one attached hydrogen (secondary N) is 1. The van der Waals surface area contributed by atoms with Gasteiger partial charge in [-0.05, 0) is 25.8 Å². The highest BCUT2D eigenvalue weighted by atomic mass is 16.2. The zero-order chi connectivity index (χ0) is 10.6. The first-order valence-electron chi connectivity index (χ1n) is 5.64. The molecule has 1 saturated heterocycles. The lowest BCUT2D eigenvalue weighted by Gasteiger charge is -2.36. The molecule has 1 aliphatic heterocycles. The molecule has 0 saturated carbocycles. The molecule has 82 valence electrons. The van der Waals surface area contributed by atoms with Gasteiger partial charge in [0.25, 0.3) is 0 Å². The van der Waals surface area contributed by atoms with E-state index >= 15 is 0 Å². The summed E-state index contributed by atoms with van der Waals surface area (Å²) < 4.78 is 0. The minimum atomic E-state index is 0.328. The largest absolute Gasteiger partial charge is 0.342 e. The predicted octanol–water partition coefficient (Wildman–Crippen LogP) is 1.24. The highest BCUT2D eigenvalue weighted by Gasteiger charge is 2.26. The summed E-state index contributed by atoms with van der Waals surface area (Å²) in [5.74, 6) is 0.906. The average Bonchev–Trinajstić information content (AvgIpc) is 2.18. The molecule has 3 nitrogen and oxygen atoms in total.